The predicted molar refractivity (Wildman–Crippen MR) is 97.9 cm³/mol. The molecule has 0 aliphatic heterocycles. The van der Waals surface area contributed by atoms with Crippen molar-refractivity contribution in [3.8, 4) is 5.75 Å². The molecule has 4 nitrogen and oxygen atoms in total. The zero-order chi connectivity index (χ0) is 17.0. The second kappa shape index (κ2) is 10.1. The maximum Gasteiger partial charge on any atom is 0.318 e. The summed E-state index contributed by atoms with van der Waals surface area (Å²) in [6.07, 6.45) is 6.55. The quantitative estimate of drug-likeness (QED) is 0.721. The molecule has 0 aromatic heterocycles. The van der Waals surface area contributed by atoms with Gasteiger partial charge in [0, 0.05) is 12.7 Å². The first-order chi connectivity index (χ1) is 11.8. The first kappa shape index (κ1) is 17.6. The van der Waals surface area contributed by atoms with Crippen LogP contribution in [0.15, 0.2) is 60.8 Å². The second-order valence-electron chi connectivity index (χ2n) is 5.45. The fourth-order valence-corrected chi connectivity index (χ4v) is 2.28. The molecule has 0 aliphatic rings. The van der Waals surface area contributed by atoms with Crippen molar-refractivity contribution in [2.24, 2.45) is 0 Å². The summed E-state index contributed by atoms with van der Waals surface area (Å²) in [4.78, 5) is 11.7. The summed E-state index contributed by atoms with van der Waals surface area (Å²) in [5.41, 5.74) is 2.34. The molecule has 0 heterocycles. The third-order valence-corrected chi connectivity index (χ3v) is 3.63. The number of aryl methyl sites for hydroxylation is 1. The summed E-state index contributed by atoms with van der Waals surface area (Å²) in [6, 6.07) is 17.8. The van der Waals surface area contributed by atoms with Crippen LogP contribution in [0.2, 0.25) is 0 Å². The maximum atomic E-state index is 11.7. The standard InChI is InChI=1S/C20H24N2O2/c1-24-19-12-10-18(11-13-19)14-16-22-20(23)21-15-6-5-9-17-7-3-2-4-8-17/h2-4,7-8,10-14,16H,5-6,9,15H2,1H3,(H2,21,22,23)/b16-14+. The molecule has 2 N–H and O–H groups in total. The summed E-state index contributed by atoms with van der Waals surface area (Å²) in [5, 5.41) is 5.56. The lowest BCUT2D eigenvalue weighted by Crippen LogP contribution is -2.32. The number of benzene rings is 2. The highest BCUT2D eigenvalue weighted by Gasteiger charge is 1.97. The highest BCUT2D eigenvalue weighted by molar-refractivity contribution is 5.75. The largest absolute Gasteiger partial charge is 0.497 e. The summed E-state index contributed by atoms with van der Waals surface area (Å²) in [6.45, 7) is 0.676. The van der Waals surface area contributed by atoms with Crippen LogP contribution in [0.25, 0.3) is 6.08 Å². The Morgan fingerprint density at radius 2 is 1.79 bits per heavy atom. The Balaban J connectivity index is 1.58. The number of carbonyl (C=O) groups excluding carboxylic acids is 1. The SMILES string of the molecule is COc1ccc(/C=C/NC(=O)NCCCCc2ccccc2)cc1. The topological polar surface area (TPSA) is 50.4 Å². The molecule has 2 amide bonds. The van der Waals surface area contributed by atoms with Crippen molar-refractivity contribution in [2.75, 3.05) is 13.7 Å². The van der Waals surface area contributed by atoms with E-state index in [4.69, 9.17) is 4.74 Å². The van der Waals surface area contributed by atoms with Crippen LogP contribution in [0, 0.1) is 0 Å². The normalized spacial score (nSPS) is 10.5. The Morgan fingerprint density at radius 1 is 1.04 bits per heavy atom. The minimum atomic E-state index is -0.181. The van der Waals surface area contributed by atoms with Crippen LogP contribution < -0.4 is 15.4 Å². The van der Waals surface area contributed by atoms with Gasteiger partial charge >= 0.3 is 6.03 Å². The molecule has 0 radical (unpaired) electrons. The summed E-state index contributed by atoms with van der Waals surface area (Å²) >= 11 is 0. The zero-order valence-corrected chi connectivity index (χ0v) is 14.0. The highest BCUT2D eigenvalue weighted by atomic mass is 16.5. The van der Waals surface area contributed by atoms with E-state index < -0.39 is 0 Å². The number of amides is 2. The highest BCUT2D eigenvalue weighted by Crippen LogP contribution is 2.11. The lowest BCUT2D eigenvalue weighted by atomic mass is 10.1. The Kier molecular flexibility index (Phi) is 7.41. The van der Waals surface area contributed by atoms with Gasteiger partial charge in [0.2, 0.25) is 0 Å². The monoisotopic (exact) mass is 324 g/mol. The van der Waals surface area contributed by atoms with Gasteiger partial charge in [0.15, 0.2) is 0 Å². The fourth-order valence-electron chi connectivity index (χ4n) is 2.28. The Hall–Kier alpha value is -2.75. The molecule has 2 rings (SSSR count). The van der Waals surface area contributed by atoms with E-state index in [1.165, 1.54) is 5.56 Å². The van der Waals surface area contributed by atoms with Gasteiger partial charge in [-0.2, -0.15) is 0 Å². The molecular formula is C20H24N2O2. The molecule has 4 heteroatoms. The van der Waals surface area contributed by atoms with Crippen molar-refractivity contribution in [1.29, 1.82) is 0 Å². The minimum Gasteiger partial charge on any atom is -0.497 e. The predicted octanol–water partition coefficient (Wildman–Crippen LogP) is 3.99. The van der Waals surface area contributed by atoms with Crippen molar-refractivity contribution in [3.05, 3.63) is 71.9 Å². The number of urea groups is 1. The zero-order valence-electron chi connectivity index (χ0n) is 14.0. The van der Waals surface area contributed by atoms with Crippen molar-refractivity contribution in [1.82, 2.24) is 10.6 Å². The average Bonchev–Trinajstić information content (AvgIpc) is 2.63. The van der Waals surface area contributed by atoms with Crippen LogP contribution in [0.5, 0.6) is 5.75 Å². The third kappa shape index (κ3) is 6.57. The van der Waals surface area contributed by atoms with E-state index in [1.54, 1.807) is 13.3 Å². The van der Waals surface area contributed by atoms with Crippen LogP contribution in [-0.2, 0) is 6.42 Å². The van der Waals surface area contributed by atoms with Crippen molar-refractivity contribution in [2.45, 2.75) is 19.3 Å². The van der Waals surface area contributed by atoms with Crippen LogP contribution in [0.1, 0.15) is 24.0 Å². The Bertz CT molecular complexity index is 636. The number of ether oxygens (including phenoxy) is 1. The third-order valence-electron chi connectivity index (χ3n) is 3.63. The smallest absolute Gasteiger partial charge is 0.318 e. The van der Waals surface area contributed by atoms with E-state index in [0.29, 0.717) is 6.54 Å². The van der Waals surface area contributed by atoms with Gasteiger partial charge in [0.05, 0.1) is 7.11 Å². The number of rotatable bonds is 8. The molecule has 2 aromatic rings. The second-order valence-corrected chi connectivity index (χ2v) is 5.45. The molecule has 0 saturated heterocycles. The molecule has 0 atom stereocenters. The lowest BCUT2D eigenvalue weighted by Gasteiger charge is -2.05. The van der Waals surface area contributed by atoms with Crippen LogP contribution in [0.3, 0.4) is 0 Å². The first-order valence-corrected chi connectivity index (χ1v) is 8.17. The van der Waals surface area contributed by atoms with E-state index in [9.17, 15) is 4.79 Å². The molecule has 0 saturated carbocycles. The summed E-state index contributed by atoms with van der Waals surface area (Å²) in [7, 11) is 1.64. The first-order valence-electron chi connectivity index (χ1n) is 8.17. The molecule has 0 unspecified atom stereocenters. The number of unbranched alkanes of at least 4 members (excludes halogenated alkanes) is 1. The Labute approximate surface area is 143 Å². The molecular weight excluding hydrogens is 300 g/mol. The van der Waals surface area contributed by atoms with Crippen LogP contribution in [-0.4, -0.2) is 19.7 Å². The molecule has 24 heavy (non-hydrogen) atoms. The molecule has 0 aliphatic carbocycles. The Morgan fingerprint density at radius 3 is 2.50 bits per heavy atom. The van der Waals surface area contributed by atoms with Gasteiger partial charge in [0.25, 0.3) is 0 Å². The lowest BCUT2D eigenvalue weighted by molar-refractivity contribution is 0.244. The number of carbonyl (C=O) groups is 1. The van der Waals surface area contributed by atoms with Gasteiger partial charge in [-0.1, -0.05) is 42.5 Å². The average molecular weight is 324 g/mol. The van der Waals surface area contributed by atoms with Gasteiger partial charge in [0.1, 0.15) is 5.75 Å². The van der Waals surface area contributed by atoms with Crippen molar-refractivity contribution in [3.63, 3.8) is 0 Å². The van der Waals surface area contributed by atoms with Gasteiger partial charge in [-0.15, -0.1) is 0 Å². The van der Waals surface area contributed by atoms with E-state index in [1.807, 2.05) is 36.4 Å². The molecule has 0 spiro atoms. The van der Waals surface area contributed by atoms with E-state index in [0.717, 1.165) is 30.6 Å². The molecule has 0 bridgehead atoms. The van der Waals surface area contributed by atoms with Gasteiger partial charge in [-0.3, -0.25) is 0 Å². The maximum absolute atomic E-state index is 11.7. The van der Waals surface area contributed by atoms with Gasteiger partial charge < -0.3 is 15.4 Å². The number of hydrogen-bond donors (Lipinski definition) is 2. The van der Waals surface area contributed by atoms with Crippen molar-refractivity contribution < 1.29 is 9.53 Å². The molecule has 2 aromatic carbocycles. The van der Waals surface area contributed by atoms with E-state index >= 15 is 0 Å². The fraction of sp³-hybridized carbons (Fsp3) is 0.250. The van der Waals surface area contributed by atoms with Crippen molar-refractivity contribution >= 4 is 12.1 Å². The van der Waals surface area contributed by atoms with Gasteiger partial charge in [-0.05, 0) is 48.6 Å². The van der Waals surface area contributed by atoms with Crippen LogP contribution >= 0.6 is 0 Å². The summed E-state index contributed by atoms with van der Waals surface area (Å²) in [5.74, 6) is 0.813. The van der Waals surface area contributed by atoms with Crippen LogP contribution in [0.4, 0.5) is 4.79 Å². The van der Waals surface area contributed by atoms with E-state index in [2.05, 4.69) is 34.9 Å². The minimum absolute atomic E-state index is 0.181. The molecule has 0 fully saturated rings. The van der Waals surface area contributed by atoms with Gasteiger partial charge in [-0.25, -0.2) is 4.79 Å². The van der Waals surface area contributed by atoms with E-state index in [-0.39, 0.29) is 6.03 Å². The number of nitrogens with one attached hydrogen (secondary N) is 2. The molecule has 126 valence electrons. The summed E-state index contributed by atoms with van der Waals surface area (Å²) < 4.78 is 5.10. The number of methoxy groups -OCH3 is 1. The number of hydrogen-bond acceptors (Lipinski definition) is 2.